The average molecular weight is 280 g/mol. The Morgan fingerprint density at radius 3 is 2.40 bits per heavy atom. The summed E-state index contributed by atoms with van der Waals surface area (Å²) in [5, 5.41) is 0. The van der Waals surface area contributed by atoms with Gasteiger partial charge in [0.1, 0.15) is 17.7 Å². The second-order valence-electron chi connectivity index (χ2n) is 5.88. The van der Waals surface area contributed by atoms with Crippen LogP contribution in [0, 0.1) is 17.0 Å². The monoisotopic (exact) mass is 280 g/mol. The van der Waals surface area contributed by atoms with Gasteiger partial charge in [0.25, 0.3) is 0 Å². The molecule has 2 saturated carbocycles. The zero-order valence-corrected chi connectivity index (χ0v) is 11.3. The summed E-state index contributed by atoms with van der Waals surface area (Å²) in [6.45, 7) is 0. The highest BCUT2D eigenvalue weighted by molar-refractivity contribution is 5.92. The van der Waals surface area contributed by atoms with Crippen molar-refractivity contribution in [1.82, 2.24) is 0 Å². The van der Waals surface area contributed by atoms with Gasteiger partial charge in [0.05, 0.1) is 5.41 Å². The van der Waals surface area contributed by atoms with Crippen molar-refractivity contribution < 1.29 is 18.3 Å². The standard InChI is InChI=1S/C16H18F2O2/c17-11-5-6-13(12(18)9-11)20-15-10-14(19)16(15)7-3-1-2-4-8-16/h5-6,9,15H,1-4,7-8,10H2. The lowest BCUT2D eigenvalue weighted by atomic mass is 9.60. The molecule has 1 aromatic rings. The molecule has 0 aliphatic heterocycles. The molecular weight excluding hydrogens is 262 g/mol. The summed E-state index contributed by atoms with van der Waals surface area (Å²) in [6.07, 6.45) is 6.09. The van der Waals surface area contributed by atoms with Gasteiger partial charge in [-0.1, -0.05) is 25.7 Å². The zero-order chi connectivity index (χ0) is 14.2. The van der Waals surface area contributed by atoms with Crippen LogP contribution in [0.15, 0.2) is 18.2 Å². The Kier molecular flexibility index (Phi) is 3.48. The molecule has 0 N–H and O–H groups in total. The molecule has 0 amide bonds. The maximum atomic E-state index is 13.7. The van der Waals surface area contributed by atoms with E-state index in [0.29, 0.717) is 6.42 Å². The molecular formula is C16H18F2O2. The first-order valence-corrected chi connectivity index (χ1v) is 7.27. The molecule has 1 unspecified atom stereocenters. The maximum absolute atomic E-state index is 13.7. The van der Waals surface area contributed by atoms with Crippen molar-refractivity contribution in [3.63, 3.8) is 0 Å². The van der Waals surface area contributed by atoms with E-state index in [-0.39, 0.29) is 17.6 Å². The Hall–Kier alpha value is -1.45. The lowest BCUT2D eigenvalue weighted by Gasteiger charge is -2.47. The minimum absolute atomic E-state index is 0.0486. The number of hydrogen-bond acceptors (Lipinski definition) is 2. The van der Waals surface area contributed by atoms with Crippen LogP contribution in [0.4, 0.5) is 8.78 Å². The fourth-order valence-corrected chi connectivity index (χ4v) is 3.45. The van der Waals surface area contributed by atoms with E-state index < -0.39 is 17.0 Å². The van der Waals surface area contributed by atoms with E-state index >= 15 is 0 Å². The summed E-state index contributed by atoms with van der Waals surface area (Å²) >= 11 is 0. The molecule has 0 saturated heterocycles. The number of ether oxygens (including phenoxy) is 1. The van der Waals surface area contributed by atoms with Gasteiger partial charge in [-0.15, -0.1) is 0 Å². The molecule has 108 valence electrons. The van der Waals surface area contributed by atoms with Crippen molar-refractivity contribution in [3.8, 4) is 5.75 Å². The summed E-state index contributed by atoms with van der Waals surface area (Å²) in [5.41, 5.74) is -0.419. The largest absolute Gasteiger partial charge is 0.486 e. The highest BCUT2D eigenvalue weighted by atomic mass is 19.1. The van der Waals surface area contributed by atoms with E-state index in [4.69, 9.17) is 4.74 Å². The molecule has 2 aliphatic carbocycles. The maximum Gasteiger partial charge on any atom is 0.167 e. The molecule has 4 heteroatoms. The molecule has 20 heavy (non-hydrogen) atoms. The summed E-state index contributed by atoms with van der Waals surface area (Å²) in [7, 11) is 0. The van der Waals surface area contributed by atoms with Crippen LogP contribution in [0.25, 0.3) is 0 Å². The van der Waals surface area contributed by atoms with Crippen LogP contribution in [-0.4, -0.2) is 11.9 Å². The molecule has 2 aliphatic rings. The van der Waals surface area contributed by atoms with Crippen LogP contribution < -0.4 is 4.74 Å². The predicted octanol–water partition coefficient (Wildman–Crippen LogP) is 4.03. The van der Waals surface area contributed by atoms with Crippen LogP contribution in [0.5, 0.6) is 5.75 Å². The van der Waals surface area contributed by atoms with Crippen LogP contribution in [0.1, 0.15) is 44.9 Å². The van der Waals surface area contributed by atoms with Gasteiger partial charge in [-0.25, -0.2) is 8.78 Å². The number of Topliss-reactive ketones (excluding diaryl/α,β-unsaturated/α-hetero) is 1. The fraction of sp³-hybridized carbons (Fsp3) is 0.562. The molecule has 1 atom stereocenters. The average Bonchev–Trinajstić information content (AvgIpc) is 2.69. The molecule has 0 bridgehead atoms. The molecule has 1 spiro atoms. The second kappa shape index (κ2) is 5.15. The Labute approximate surface area is 117 Å². The Morgan fingerprint density at radius 2 is 1.80 bits per heavy atom. The first kappa shape index (κ1) is 13.5. The highest BCUT2D eigenvalue weighted by Crippen LogP contribution is 2.49. The number of carbonyl (C=O) groups is 1. The van der Waals surface area contributed by atoms with Crippen LogP contribution in [0.3, 0.4) is 0 Å². The summed E-state index contributed by atoms with van der Waals surface area (Å²) in [5.74, 6) is -1.03. The number of halogens is 2. The lowest BCUT2D eigenvalue weighted by molar-refractivity contribution is -0.154. The molecule has 0 radical (unpaired) electrons. The highest BCUT2D eigenvalue weighted by Gasteiger charge is 2.55. The van der Waals surface area contributed by atoms with Gasteiger partial charge in [-0.2, -0.15) is 0 Å². The predicted molar refractivity (Wildman–Crippen MR) is 70.5 cm³/mol. The third kappa shape index (κ3) is 2.21. The van der Waals surface area contributed by atoms with E-state index in [0.717, 1.165) is 44.6 Å². The molecule has 1 aromatic carbocycles. The number of carbonyl (C=O) groups excluding carboxylic acids is 1. The Morgan fingerprint density at radius 1 is 1.10 bits per heavy atom. The lowest BCUT2D eigenvalue weighted by Crippen LogP contribution is -2.56. The molecule has 2 nitrogen and oxygen atoms in total. The normalized spacial score (nSPS) is 25.1. The number of hydrogen-bond donors (Lipinski definition) is 0. The first-order chi connectivity index (χ1) is 9.62. The van der Waals surface area contributed by atoms with Crippen LogP contribution in [-0.2, 0) is 4.79 Å². The van der Waals surface area contributed by atoms with E-state index in [2.05, 4.69) is 0 Å². The SMILES string of the molecule is O=C1CC(Oc2ccc(F)cc2F)C12CCCCCC2. The van der Waals surface area contributed by atoms with E-state index in [9.17, 15) is 13.6 Å². The zero-order valence-electron chi connectivity index (χ0n) is 11.3. The molecule has 0 heterocycles. The van der Waals surface area contributed by atoms with Gasteiger partial charge in [0, 0.05) is 12.5 Å². The quantitative estimate of drug-likeness (QED) is 0.817. The van der Waals surface area contributed by atoms with Gasteiger partial charge >= 0.3 is 0 Å². The Bertz CT molecular complexity index is 519. The van der Waals surface area contributed by atoms with Gasteiger partial charge in [0.2, 0.25) is 0 Å². The first-order valence-electron chi connectivity index (χ1n) is 7.27. The number of benzene rings is 1. The number of rotatable bonds is 2. The third-order valence-corrected chi connectivity index (χ3v) is 4.70. The fourth-order valence-electron chi connectivity index (χ4n) is 3.45. The minimum atomic E-state index is -0.701. The number of ketones is 1. The van der Waals surface area contributed by atoms with E-state index in [1.807, 2.05) is 0 Å². The summed E-state index contributed by atoms with van der Waals surface area (Å²) in [6, 6.07) is 3.30. The smallest absolute Gasteiger partial charge is 0.167 e. The third-order valence-electron chi connectivity index (χ3n) is 4.70. The van der Waals surface area contributed by atoms with Crippen LogP contribution in [0.2, 0.25) is 0 Å². The van der Waals surface area contributed by atoms with Gasteiger partial charge in [-0.05, 0) is 25.0 Å². The van der Waals surface area contributed by atoms with Gasteiger partial charge in [-0.3, -0.25) is 4.79 Å². The summed E-state index contributed by atoms with van der Waals surface area (Å²) in [4.78, 5) is 12.1. The van der Waals surface area contributed by atoms with Crippen LogP contribution >= 0.6 is 0 Å². The van der Waals surface area contributed by atoms with E-state index in [1.165, 1.54) is 12.1 Å². The molecule has 0 aromatic heterocycles. The van der Waals surface area contributed by atoms with Crippen molar-refractivity contribution in [2.45, 2.75) is 51.0 Å². The van der Waals surface area contributed by atoms with Gasteiger partial charge in [0.15, 0.2) is 11.6 Å². The second-order valence-corrected chi connectivity index (χ2v) is 5.88. The molecule has 3 rings (SSSR count). The Balaban J connectivity index is 1.78. The molecule has 2 fully saturated rings. The van der Waals surface area contributed by atoms with Crippen molar-refractivity contribution in [2.75, 3.05) is 0 Å². The van der Waals surface area contributed by atoms with E-state index in [1.54, 1.807) is 0 Å². The summed E-state index contributed by atoms with van der Waals surface area (Å²) < 4.78 is 32.2. The van der Waals surface area contributed by atoms with Crippen molar-refractivity contribution in [3.05, 3.63) is 29.8 Å². The minimum Gasteiger partial charge on any atom is -0.486 e. The van der Waals surface area contributed by atoms with Crippen molar-refractivity contribution >= 4 is 5.78 Å². The van der Waals surface area contributed by atoms with Crippen molar-refractivity contribution in [1.29, 1.82) is 0 Å². The van der Waals surface area contributed by atoms with Crippen molar-refractivity contribution in [2.24, 2.45) is 5.41 Å². The van der Waals surface area contributed by atoms with Gasteiger partial charge < -0.3 is 4.74 Å². The topological polar surface area (TPSA) is 26.3 Å².